The number of rotatable bonds is 5. The van der Waals surface area contributed by atoms with E-state index in [9.17, 15) is 18.7 Å². The van der Waals surface area contributed by atoms with Crippen molar-refractivity contribution in [3.8, 4) is 0 Å². The van der Waals surface area contributed by atoms with Gasteiger partial charge in [0.2, 0.25) is 0 Å². The molecule has 2 fully saturated rings. The summed E-state index contributed by atoms with van der Waals surface area (Å²) in [5.74, 6) is 0.738. The quantitative estimate of drug-likeness (QED) is 0.559. The molecule has 0 aromatic carbocycles. The molecule has 188 valence electrons. The minimum atomic E-state index is -2.81. The summed E-state index contributed by atoms with van der Waals surface area (Å²) in [6.07, 6.45) is 6.87. The number of carbonyl (C=O) groups excluding carboxylic acids is 1. The Labute approximate surface area is 202 Å². The van der Waals surface area contributed by atoms with E-state index in [4.69, 9.17) is 0 Å². The van der Waals surface area contributed by atoms with Gasteiger partial charge in [-0.25, -0.2) is 18.3 Å². The smallest absolute Gasteiger partial charge is 0.284 e. The number of aromatic nitrogens is 5. The van der Waals surface area contributed by atoms with Crippen LogP contribution in [0.15, 0.2) is 24.7 Å². The molecule has 1 saturated carbocycles. The predicted molar refractivity (Wildman–Crippen MR) is 127 cm³/mol. The molecule has 2 aliphatic rings. The highest BCUT2D eigenvalue weighted by Gasteiger charge is 2.29. The topological polar surface area (TPSA) is 101 Å². The number of halogens is 2. The number of hydrogen-bond acceptors (Lipinski definition) is 6. The Morgan fingerprint density at radius 3 is 2.63 bits per heavy atom. The fourth-order valence-electron chi connectivity index (χ4n) is 4.96. The Kier molecular flexibility index (Phi) is 6.20. The second-order valence-corrected chi connectivity index (χ2v) is 10.2. The van der Waals surface area contributed by atoms with Crippen LogP contribution in [0.25, 0.3) is 5.65 Å². The maximum Gasteiger partial charge on any atom is 0.284 e. The molecule has 1 saturated heterocycles. The molecule has 0 atom stereocenters. The van der Waals surface area contributed by atoms with Gasteiger partial charge < -0.3 is 15.3 Å². The molecule has 0 unspecified atom stereocenters. The number of hydrogen-bond donors (Lipinski definition) is 2. The van der Waals surface area contributed by atoms with Crippen LogP contribution in [0.4, 0.5) is 20.3 Å². The van der Waals surface area contributed by atoms with Crippen LogP contribution in [0.1, 0.15) is 80.9 Å². The summed E-state index contributed by atoms with van der Waals surface area (Å²) in [5.41, 5.74) is -0.579. The molecule has 4 heterocycles. The molecule has 1 amide bonds. The fourth-order valence-corrected chi connectivity index (χ4v) is 4.96. The van der Waals surface area contributed by atoms with Crippen LogP contribution in [-0.4, -0.2) is 54.1 Å². The zero-order chi connectivity index (χ0) is 24.7. The van der Waals surface area contributed by atoms with Crippen LogP contribution in [0, 0.1) is 5.92 Å². The molecular formula is C24H31F2N7O2. The van der Waals surface area contributed by atoms with Crippen LogP contribution >= 0.6 is 0 Å². The zero-order valence-electron chi connectivity index (χ0n) is 20.0. The molecule has 0 spiro atoms. The van der Waals surface area contributed by atoms with Crippen molar-refractivity contribution in [2.75, 3.05) is 23.3 Å². The summed E-state index contributed by atoms with van der Waals surface area (Å²) in [6.45, 7) is 5.30. The highest BCUT2D eigenvalue weighted by atomic mass is 19.3. The second-order valence-electron chi connectivity index (χ2n) is 10.2. The summed E-state index contributed by atoms with van der Waals surface area (Å²) in [6, 6.07) is 1.87. The summed E-state index contributed by atoms with van der Waals surface area (Å²) in [7, 11) is 0. The lowest BCUT2D eigenvalue weighted by Crippen LogP contribution is -2.42. The Hall–Kier alpha value is -3.08. The van der Waals surface area contributed by atoms with E-state index in [-0.39, 0.29) is 17.3 Å². The molecule has 35 heavy (non-hydrogen) atoms. The van der Waals surface area contributed by atoms with Crippen LogP contribution < -0.4 is 10.2 Å². The van der Waals surface area contributed by atoms with Gasteiger partial charge in [0.1, 0.15) is 11.4 Å². The molecule has 5 rings (SSSR count). The molecule has 11 heteroatoms. The van der Waals surface area contributed by atoms with E-state index in [0.29, 0.717) is 43.3 Å². The second kappa shape index (κ2) is 9.18. The van der Waals surface area contributed by atoms with Crippen molar-refractivity contribution < 1.29 is 18.7 Å². The lowest BCUT2D eigenvalue weighted by Gasteiger charge is -2.36. The standard InChI is InChI=1S/C24H31F2N7O2/c1-15-3-5-16(6-4-15)33-14-18(20(30-33)21(25)26)28-23(34)17-13-27-32-10-7-19(29-22(17)32)31-11-8-24(2,35)9-12-31/h7,10,13-16,21,35H,3-6,8-9,11-12H2,1-2H3,(H,28,34). The molecule has 2 N–H and O–H groups in total. The first-order valence-electron chi connectivity index (χ1n) is 12.2. The molecule has 3 aromatic rings. The number of nitrogens with one attached hydrogen (secondary N) is 1. The summed E-state index contributed by atoms with van der Waals surface area (Å²) < 4.78 is 30.6. The monoisotopic (exact) mass is 487 g/mol. The van der Waals surface area contributed by atoms with Crippen molar-refractivity contribution in [1.82, 2.24) is 24.4 Å². The van der Waals surface area contributed by atoms with Crippen LogP contribution in [0.3, 0.4) is 0 Å². The van der Waals surface area contributed by atoms with Gasteiger partial charge in [0.15, 0.2) is 11.3 Å². The van der Waals surface area contributed by atoms with Gasteiger partial charge in [-0.3, -0.25) is 9.48 Å². The average molecular weight is 488 g/mol. The third-order valence-electron chi connectivity index (χ3n) is 7.34. The van der Waals surface area contributed by atoms with Crippen molar-refractivity contribution in [3.63, 3.8) is 0 Å². The number of amides is 1. The summed E-state index contributed by atoms with van der Waals surface area (Å²) >= 11 is 0. The maximum atomic E-state index is 13.8. The van der Waals surface area contributed by atoms with Gasteiger partial charge >= 0.3 is 0 Å². The van der Waals surface area contributed by atoms with Gasteiger partial charge in [-0.2, -0.15) is 10.2 Å². The maximum absolute atomic E-state index is 13.8. The fraction of sp³-hybridized carbons (Fsp3) is 0.583. The van der Waals surface area contributed by atoms with E-state index >= 15 is 0 Å². The molecule has 1 aliphatic heterocycles. The number of carbonyl (C=O) groups is 1. The number of nitrogens with zero attached hydrogens (tertiary/aromatic N) is 6. The zero-order valence-corrected chi connectivity index (χ0v) is 20.0. The van der Waals surface area contributed by atoms with Crippen LogP contribution in [0.5, 0.6) is 0 Å². The Morgan fingerprint density at radius 1 is 1.23 bits per heavy atom. The van der Waals surface area contributed by atoms with Gasteiger partial charge in [0.05, 0.1) is 23.5 Å². The third kappa shape index (κ3) is 4.86. The third-order valence-corrected chi connectivity index (χ3v) is 7.34. The number of aliphatic hydroxyl groups is 1. The van der Waals surface area contributed by atoms with Gasteiger partial charge in [-0.1, -0.05) is 6.92 Å². The van der Waals surface area contributed by atoms with E-state index < -0.39 is 23.6 Å². The van der Waals surface area contributed by atoms with E-state index in [0.717, 1.165) is 25.7 Å². The Balaban J connectivity index is 1.38. The molecule has 9 nitrogen and oxygen atoms in total. The first-order chi connectivity index (χ1) is 16.7. The van der Waals surface area contributed by atoms with E-state index in [2.05, 4.69) is 32.3 Å². The highest BCUT2D eigenvalue weighted by Crippen LogP contribution is 2.34. The van der Waals surface area contributed by atoms with Crippen molar-refractivity contribution in [3.05, 3.63) is 35.9 Å². The number of anilines is 2. The average Bonchev–Trinajstić information content (AvgIpc) is 3.43. The van der Waals surface area contributed by atoms with Gasteiger partial charge in [0.25, 0.3) is 12.3 Å². The molecule has 1 aliphatic carbocycles. The Bertz CT molecular complexity index is 1200. The van der Waals surface area contributed by atoms with Gasteiger partial charge in [-0.15, -0.1) is 0 Å². The van der Waals surface area contributed by atoms with E-state index in [1.165, 1.54) is 16.9 Å². The molecular weight excluding hydrogens is 456 g/mol. The lowest BCUT2D eigenvalue weighted by molar-refractivity contribution is 0.0350. The lowest BCUT2D eigenvalue weighted by atomic mass is 9.87. The minimum absolute atomic E-state index is 0.0115. The first-order valence-corrected chi connectivity index (χ1v) is 12.2. The van der Waals surface area contributed by atoms with Crippen molar-refractivity contribution in [1.29, 1.82) is 0 Å². The van der Waals surface area contributed by atoms with Gasteiger partial charge in [-0.05, 0) is 57.4 Å². The van der Waals surface area contributed by atoms with Crippen LogP contribution in [0.2, 0.25) is 0 Å². The number of alkyl halides is 2. The van der Waals surface area contributed by atoms with Gasteiger partial charge in [0, 0.05) is 25.5 Å². The highest BCUT2D eigenvalue weighted by molar-refractivity contribution is 6.08. The molecule has 0 radical (unpaired) electrons. The SMILES string of the molecule is CC1CCC(n2cc(NC(=O)c3cnn4ccc(N5CCC(C)(O)CC5)nc34)c(C(F)F)n2)CC1. The summed E-state index contributed by atoms with van der Waals surface area (Å²) in [4.78, 5) is 19.8. The number of piperidine rings is 1. The number of fused-ring (bicyclic) bond motifs is 1. The van der Waals surface area contributed by atoms with Crippen molar-refractivity contribution >= 4 is 23.1 Å². The van der Waals surface area contributed by atoms with E-state index in [1.807, 2.05) is 13.0 Å². The minimum Gasteiger partial charge on any atom is -0.390 e. The van der Waals surface area contributed by atoms with Crippen molar-refractivity contribution in [2.45, 2.75) is 70.4 Å². The van der Waals surface area contributed by atoms with Crippen LogP contribution in [-0.2, 0) is 0 Å². The predicted octanol–water partition coefficient (Wildman–Crippen LogP) is 4.22. The normalized spacial score (nSPS) is 22.6. The summed E-state index contributed by atoms with van der Waals surface area (Å²) in [5, 5.41) is 21.2. The largest absolute Gasteiger partial charge is 0.390 e. The molecule has 3 aromatic heterocycles. The molecule has 0 bridgehead atoms. The van der Waals surface area contributed by atoms with Crippen molar-refractivity contribution in [2.24, 2.45) is 5.92 Å². The Morgan fingerprint density at radius 2 is 1.94 bits per heavy atom. The first kappa shape index (κ1) is 23.7. The van der Waals surface area contributed by atoms with E-state index in [1.54, 1.807) is 10.9 Å².